The van der Waals surface area contributed by atoms with Crippen LogP contribution in [0.3, 0.4) is 0 Å². The summed E-state index contributed by atoms with van der Waals surface area (Å²) in [7, 11) is 0. The van der Waals surface area contributed by atoms with Gasteiger partial charge in [-0.1, -0.05) is 51.3 Å². The monoisotopic (exact) mass is 498 g/mol. The maximum Gasteiger partial charge on any atom is 0.218 e. The van der Waals surface area contributed by atoms with E-state index in [4.69, 9.17) is 14.2 Å². The van der Waals surface area contributed by atoms with Crippen molar-refractivity contribution >= 4 is 49.4 Å². The summed E-state index contributed by atoms with van der Waals surface area (Å²) in [6, 6.07) is 19.3. The van der Waals surface area contributed by atoms with Crippen molar-refractivity contribution in [3.63, 3.8) is 0 Å². The van der Waals surface area contributed by atoms with E-state index in [0.29, 0.717) is 33.6 Å². The fourth-order valence-electron chi connectivity index (χ4n) is 4.69. The highest BCUT2D eigenvalue weighted by Gasteiger charge is 2.35. The van der Waals surface area contributed by atoms with Crippen LogP contribution >= 0.6 is 15.9 Å². The highest BCUT2D eigenvalue weighted by atomic mass is 79.9. The summed E-state index contributed by atoms with van der Waals surface area (Å²) < 4.78 is 13.1. The summed E-state index contributed by atoms with van der Waals surface area (Å²) >= 11 is 3.49. The molecule has 6 rings (SSSR count). The predicted molar refractivity (Wildman–Crippen MR) is 132 cm³/mol. The first-order valence-corrected chi connectivity index (χ1v) is 11.4. The summed E-state index contributed by atoms with van der Waals surface area (Å²) in [4.78, 5) is 13.8. The molecule has 5 aromatic rings. The van der Waals surface area contributed by atoms with Gasteiger partial charge in [0.2, 0.25) is 11.4 Å². The van der Waals surface area contributed by atoms with Crippen LogP contribution in [0.4, 0.5) is 11.6 Å². The first-order chi connectivity index (χ1) is 15.9. The predicted octanol–water partition coefficient (Wildman–Crippen LogP) is 6.64. The lowest BCUT2D eigenvalue weighted by molar-refractivity contribution is 0.518. The Hall–Kier alpha value is -3.64. The van der Waals surface area contributed by atoms with Crippen LogP contribution in [0.15, 0.2) is 78.8 Å². The molecule has 1 atom stereocenters. The van der Waals surface area contributed by atoms with Crippen molar-refractivity contribution in [2.75, 3.05) is 5.32 Å². The third-order valence-corrected chi connectivity index (χ3v) is 6.76. The van der Waals surface area contributed by atoms with Gasteiger partial charge in [0, 0.05) is 9.86 Å². The third kappa shape index (κ3) is 3.05. The molecule has 0 spiro atoms. The quantitative estimate of drug-likeness (QED) is 0.266. The van der Waals surface area contributed by atoms with Gasteiger partial charge < -0.3 is 14.2 Å². The molecule has 2 aromatic heterocycles. The van der Waals surface area contributed by atoms with Gasteiger partial charge in [-0.3, -0.25) is 10.2 Å². The number of nitrogens with one attached hydrogen (secondary N) is 2. The van der Waals surface area contributed by atoms with E-state index in [9.17, 15) is 4.79 Å². The molecule has 0 bridgehead atoms. The van der Waals surface area contributed by atoms with Crippen molar-refractivity contribution in [2.24, 2.45) is 0 Å². The van der Waals surface area contributed by atoms with Gasteiger partial charge in [-0.05, 0) is 55.8 Å². The van der Waals surface area contributed by atoms with Gasteiger partial charge in [-0.2, -0.15) is 0 Å². The zero-order chi connectivity index (χ0) is 22.9. The van der Waals surface area contributed by atoms with Gasteiger partial charge in [-0.25, -0.2) is 0 Å². The van der Waals surface area contributed by atoms with Gasteiger partial charge >= 0.3 is 0 Å². The Balaban J connectivity index is 1.76. The van der Waals surface area contributed by atoms with Gasteiger partial charge in [-0.15, -0.1) is 0 Å². The van der Waals surface area contributed by atoms with Gasteiger partial charge in [0.05, 0.1) is 28.1 Å². The van der Waals surface area contributed by atoms with Crippen LogP contribution in [0.2, 0.25) is 0 Å². The maximum atomic E-state index is 13.8. The number of aryl methyl sites for hydroxylation is 2. The lowest BCUT2D eigenvalue weighted by Gasteiger charge is -2.28. The Labute approximate surface area is 197 Å². The van der Waals surface area contributed by atoms with E-state index in [2.05, 4.69) is 21.2 Å². The lowest BCUT2D eigenvalue weighted by atomic mass is 9.82. The van der Waals surface area contributed by atoms with Crippen LogP contribution in [0.5, 0.6) is 0 Å². The topological polar surface area (TPSA) is 79.2 Å². The van der Waals surface area contributed by atoms with Crippen molar-refractivity contribution in [3.05, 3.63) is 109 Å². The number of hydrogen-bond acceptors (Lipinski definition) is 5. The molecule has 0 saturated heterocycles. The summed E-state index contributed by atoms with van der Waals surface area (Å²) in [5.41, 5.74) is 5.84. The Kier molecular flexibility index (Phi) is 4.35. The molecule has 1 aliphatic rings. The van der Waals surface area contributed by atoms with E-state index in [0.717, 1.165) is 32.2 Å². The van der Waals surface area contributed by atoms with Crippen molar-refractivity contribution in [1.29, 1.82) is 5.41 Å². The molecule has 1 unspecified atom stereocenters. The van der Waals surface area contributed by atoms with E-state index in [1.807, 2.05) is 74.5 Å². The summed E-state index contributed by atoms with van der Waals surface area (Å²) in [5.74, 6) is -0.100. The molecule has 162 valence electrons. The van der Waals surface area contributed by atoms with Crippen LogP contribution in [-0.2, 0) is 0 Å². The average Bonchev–Trinajstić information content (AvgIpc) is 2.80. The van der Waals surface area contributed by atoms with Gasteiger partial charge in [0.1, 0.15) is 11.2 Å². The molecule has 0 aliphatic carbocycles. The Morgan fingerprint density at radius 2 is 1.48 bits per heavy atom. The SMILES string of the molecule is Cc1ccc2oc(=N)c3c(c2c1)Nc1oc2ccc(C)cc2c(=O)c1C3c1ccc(Br)cc1. The van der Waals surface area contributed by atoms with Gasteiger partial charge in [0.25, 0.3) is 0 Å². The Morgan fingerprint density at radius 1 is 0.848 bits per heavy atom. The van der Waals surface area contributed by atoms with Crippen LogP contribution in [0.1, 0.15) is 33.7 Å². The smallest absolute Gasteiger partial charge is 0.218 e. The zero-order valence-electron chi connectivity index (χ0n) is 18.0. The molecular formula is C27H19BrN2O3. The van der Waals surface area contributed by atoms with E-state index in [1.165, 1.54) is 0 Å². The number of benzene rings is 3. The molecule has 6 heteroatoms. The van der Waals surface area contributed by atoms with Crippen molar-refractivity contribution in [1.82, 2.24) is 0 Å². The fourth-order valence-corrected chi connectivity index (χ4v) is 4.95. The van der Waals surface area contributed by atoms with E-state index < -0.39 is 5.92 Å². The minimum atomic E-state index is -0.508. The molecule has 0 amide bonds. The second-order valence-electron chi connectivity index (χ2n) is 8.50. The molecule has 3 heterocycles. The third-order valence-electron chi connectivity index (χ3n) is 6.23. The largest absolute Gasteiger partial charge is 0.440 e. The first-order valence-electron chi connectivity index (χ1n) is 10.6. The molecular weight excluding hydrogens is 480 g/mol. The molecule has 0 saturated carbocycles. The van der Waals surface area contributed by atoms with Crippen molar-refractivity contribution < 1.29 is 8.83 Å². The zero-order valence-corrected chi connectivity index (χ0v) is 19.5. The second-order valence-corrected chi connectivity index (χ2v) is 9.42. The molecule has 0 radical (unpaired) electrons. The molecule has 3 aromatic carbocycles. The number of halogens is 1. The van der Waals surface area contributed by atoms with Crippen LogP contribution in [0, 0.1) is 19.3 Å². The molecule has 0 fully saturated rings. The normalized spacial score (nSPS) is 14.7. The van der Waals surface area contributed by atoms with Crippen molar-refractivity contribution in [3.8, 4) is 0 Å². The molecule has 2 N–H and O–H groups in total. The highest BCUT2D eigenvalue weighted by molar-refractivity contribution is 9.10. The minimum Gasteiger partial charge on any atom is -0.440 e. The van der Waals surface area contributed by atoms with Crippen LogP contribution in [0.25, 0.3) is 21.9 Å². The molecule has 1 aliphatic heterocycles. The Bertz CT molecular complexity index is 1710. The van der Waals surface area contributed by atoms with Crippen molar-refractivity contribution in [2.45, 2.75) is 19.8 Å². The molecule has 5 nitrogen and oxygen atoms in total. The van der Waals surface area contributed by atoms with E-state index in [-0.39, 0.29) is 11.0 Å². The van der Waals surface area contributed by atoms with Gasteiger partial charge in [0.15, 0.2) is 5.43 Å². The van der Waals surface area contributed by atoms with E-state index >= 15 is 0 Å². The first kappa shape index (κ1) is 20.0. The number of rotatable bonds is 1. The standard InChI is InChI=1S/C27H19BrN2O3/c1-13-3-9-19-17(11-13)24-22(26(29)32-19)21(15-5-7-16(28)8-6-15)23-25(31)18-12-14(2)4-10-20(18)33-27(23)30-24/h3-12,21,29-30H,1-2H3. The van der Waals surface area contributed by atoms with E-state index in [1.54, 1.807) is 0 Å². The lowest BCUT2D eigenvalue weighted by Crippen LogP contribution is -2.27. The number of hydrogen-bond donors (Lipinski definition) is 2. The van der Waals surface area contributed by atoms with Crippen LogP contribution in [-0.4, -0.2) is 0 Å². The second kappa shape index (κ2) is 7.18. The summed E-state index contributed by atoms with van der Waals surface area (Å²) in [6.45, 7) is 3.97. The van der Waals surface area contributed by atoms with Crippen LogP contribution < -0.4 is 16.3 Å². The average molecular weight is 499 g/mol. The Morgan fingerprint density at radius 3 is 2.18 bits per heavy atom. The highest BCUT2D eigenvalue weighted by Crippen LogP contribution is 2.45. The number of fused-ring (bicyclic) bond motifs is 5. The maximum absolute atomic E-state index is 13.8. The summed E-state index contributed by atoms with van der Waals surface area (Å²) in [6.07, 6.45) is 0. The molecule has 33 heavy (non-hydrogen) atoms. The fraction of sp³-hybridized carbons (Fsp3) is 0.111. The summed E-state index contributed by atoms with van der Waals surface area (Å²) in [5, 5.41) is 13.5. The number of anilines is 2. The minimum absolute atomic E-state index is 0.0242.